The van der Waals surface area contributed by atoms with Gasteiger partial charge in [0.05, 0.1) is 9.83 Å². The van der Waals surface area contributed by atoms with Crippen LogP contribution in [-0.2, 0) is 0 Å². The second kappa shape index (κ2) is 6.74. The Morgan fingerprint density at radius 2 is 2.12 bits per heavy atom. The van der Waals surface area contributed by atoms with Crippen LogP contribution in [0.4, 0.5) is 0 Å². The van der Waals surface area contributed by atoms with Crippen LogP contribution in [-0.4, -0.2) is 24.5 Å². The Bertz CT molecular complexity index is 312. The van der Waals surface area contributed by atoms with Crippen molar-refractivity contribution < 1.29 is 0 Å². The Morgan fingerprint density at radius 1 is 1.44 bits per heavy atom. The molecule has 0 spiro atoms. The SMILES string of the molecule is CCN(CC(C)C)C(CN)c1ccc(Br)s1. The van der Waals surface area contributed by atoms with Gasteiger partial charge in [0, 0.05) is 18.0 Å². The Kier molecular flexibility index (Phi) is 5.97. The predicted octanol–water partition coefficient (Wildman–Crippen LogP) is 3.49. The molecule has 1 aromatic heterocycles. The van der Waals surface area contributed by atoms with Crippen LogP contribution >= 0.6 is 27.3 Å². The van der Waals surface area contributed by atoms with Crippen LogP contribution in [0.15, 0.2) is 15.9 Å². The van der Waals surface area contributed by atoms with Gasteiger partial charge in [-0.25, -0.2) is 0 Å². The normalized spacial score (nSPS) is 13.7. The van der Waals surface area contributed by atoms with Crippen molar-refractivity contribution in [2.24, 2.45) is 11.7 Å². The Morgan fingerprint density at radius 3 is 2.50 bits per heavy atom. The Labute approximate surface area is 111 Å². The summed E-state index contributed by atoms with van der Waals surface area (Å²) in [6.45, 7) is 9.55. The first-order valence-corrected chi connectivity index (χ1v) is 7.38. The molecular weight excluding hydrogens is 284 g/mol. The van der Waals surface area contributed by atoms with Crippen LogP contribution in [0.25, 0.3) is 0 Å². The molecule has 0 fully saturated rings. The highest BCUT2D eigenvalue weighted by Gasteiger charge is 2.19. The van der Waals surface area contributed by atoms with Crippen molar-refractivity contribution in [2.75, 3.05) is 19.6 Å². The van der Waals surface area contributed by atoms with E-state index >= 15 is 0 Å². The van der Waals surface area contributed by atoms with Crippen LogP contribution in [0.1, 0.15) is 31.7 Å². The molecular formula is C12H21BrN2S. The molecule has 1 aromatic rings. The maximum atomic E-state index is 5.92. The number of nitrogens with zero attached hydrogens (tertiary/aromatic N) is 1. The minimum atomic E-state index is 0.365. The van der Waals surface area contributed by atoms with Gasteiger partial charge in [0.25, 0.3) is 0 Å². The van der Waals surface area contributed by atoms with E-state index in [4.69, 9.17) is 5.73 Å². The second-order valence-corrected chi connectivity index (χ2v) is 6.87. The fourth-order valence-corrected chi connectivity index (χ4v) is 3.47. The van der Waals surface area contributed by atoms with Crippen molar-refractivity contribution in [2.45, 2.75) is 26.8 Å². The molecule has 2 nitrogen and oxygen atoms in total. The number of halogens is 1. The predicted molar refractivity (Wildman–Crippen MR) is 75.9 cm³/mol. The Hall–Kier alpha value is 0.1000. The lowest BCUT2D eigenvalue weighted by Crippen LogP contribution is -2.35. The van der Waals surface area contributed by atoms with Gasteiger partial charge in [-0.2, -0.15) is 0 Å². The van der Waals surface area contributed by atoms with E-state index in [-0.39, 0.29) is 0 Å². The maximum absolute atomic E-state index is 5.92. The van der Waals surface area contributed by atoms with Crippen LogP contribution < -0.4 is 5.73 Å². The van der Waals surface area contributed by atoms with E-state index in [9.17, 15) is 0 Å². The third-order valence-electron chi connectivity index (χ3n) is 2.59. The molecule has 4 heteroatoms. The molecule has 0 aromatic carbocycles. The first kappa shape index (κ1) is 14.2. The third-order valence-corrected chi connectivity index (χ3v) is 4.32. The molecule has 1 unspecified atom stereocenters. The van der Waals surface area contributed by atoms with E-state index in [1.54, 1.807) is 11.3 Å². The summed E-state index contributed by atoms with van der Waals surface area (Å²) in [5.41, 5.74) is 5.92. The highest BCUT2D eigenvalue weighted by Crippen LogP contribution is 2.30. The average Bonchev–Trinajstić information content (AvgIpc) is 2.64. The number of rotatable bonds is 6. The minimum absolute atomic E-state index is 0.365. The molecule has 0 saturated carbocycles. The molecule has 16 heavy (non-hydrogen) atoms. The molecule has 92 valence electrons. The van der Waals surface area contributed by atoms with Gasteiger partial charge in [-0.3, -0.25) is 4.90 Å². The Balaban J connectivity index is 2.78. The van der Waals surface area contributed by atoms with Gasteiger partial charge in [0.15, 0.2) is 0 Å². The molecule has 0 bridgehead atoms. The highest BCUT2D eigenvalue weighted by molar-refractivity contribution is 9.11. The fourth-order valence-electron chi connectivity index (χ4n) is 1.90. The van der Waals surface area contributed by atoms with Gasteiger partial charge < -0.3 is 5.73 Å². The highest BCUT2D eigenvalue weighted by atomic mass is 79.9. The zero-order chi connectivity index (χ0) is 12.1. The van der Waals surface area contributed by atoms with Gasteiger partial charge in [-0.15, -0.1) is 11.3 Å². The standard InChI is InChI=1S/C12H21BrN2S/c1-4-15(8-9(2)3)10(7-14)11-5-6-12(13)16-11/h5-6,9-10H,4,7-8,14H2,1-3H3. The first-order chi connectivity index (χ1) is 7.58. The van der Waals surface area contributed by atoms with E-state index < -0.39 is 0 Å². The number of hydrogen-bond donors (Lipinski definition) is 1. The van der Waals surface area contributed by atoms with Crippen LogP contribution in [0.5, 0.6) is 0 Å². The molecule has 2 N–H and O–H groups in total. The van der Waals surface area contributed by atoms with Gasteiger partial charge in [-0.1, -0.05) is 20.8 Å². The lowest BCUT2D eigenvalue weighted by Gasteiger charge is -2.30. The fraction of sp³-hybridized carbons (Fsp3) is 0.667. The second-order valence-electron chi connectivity index (χ2n) is 4.37. The zero-order valence-corrected chi connectivity index (χ0v) is 12.6. The van der Waals surface area contributed by atoms with Crippen molar-refractivity contribution in [3.63, 3.8) is 0 Å². The van der Waals surface area contributed by atoms with E-state index in [0.29, 0.717) is 18.5 Å². The van der Waals surface area contributed by atoms with E-state index in [1.807, 2.05) is 0 Å². The molecule has 0 saturated heterocycles. The lowest BCUT2D eigenvalue weighted by molar-refractivity contribution is 0.192. The molecule has 0 aliphatic heterocycles. The van der Waals surface area contributed by atoms with Crippen molar-refractivity contribution in [3.05, 3.63) is 20.8 Å². The molecule has 0 amide bonds. The summed E-state index contributed by atoms with van der Waals surface area (Å²) in [6, 6.07) is 4.64. The zero-order valence-electron chi connectivity index (χ0n) is 10.2. The van der Waals surface area contributed by atoms with E-state index in [0.717, 1.165) is 13.1 Å². The van der Waals surface area contributed by atoms with Crippen molar-refractivity contribution in [3.8, 4) is 0 Å². The van der Waals surface area contributed by atoms with Crippen molar-refractivity contribution in [1.29, 1.82) is 0 Å². The van der Waals surface area contributed by atoms with Gasteiger partial charge in [0.2, 0.25) is 0 Å². The van der Waals surface area contributed by atoms with Crippen LogP contribution in [0.3, 0.4) is 0 Å². The lowest BCUT2D eigenvalue weighted by atomic mass is 10.1. The maximum Gasteiger partial charge on any atom is 0.0702 e. The van der Waals surface area contributed by atoms with E-state index in [2.05, 4.69) is 53.7 Å². The molecule has 1 rings (SSSR count). The summed E-state index contributed by atoms with van der Waals surface area (Å²) >= 11 is 5.30. The number of likely N-dealkylation sites (N-methyl/N-ethyl adjacent to an activating group) is 1. The quantitative estimate of drug-likeness (QED) is 0.872. The first-order valence-electron chi connectivity index (χ1n) is 5.77. The van der Waals surface area contributed by atoms with Crippen LogP contribution in [0, 0.1) is 5.92 Å². The van der Waals surface area contributed by atoms with E-state index in [1.165, 1.54) is 8.66 Å². The minimum Gasteiger partial charge on any atom is -0.329 e. The summed E-state index contributed by atoms with van der Waals surface area (Å²) < 4.78 is 1.18. The topological polar surface area (TPSA) is 29.3 Å². The summed E-state index contributed by atoms with van der Waals surface area (Å²) in [5, 5.41) is 0. The molecule has 0 aliphatic rings. The number of nitrogens with two attached hydrogens (primary N) is 1. The number of thiophene rings is 1. The largest absolute Gasteiger partial charge is 0.329 e. The third kappa shape index (κ3) is 3.84. The van der Waals surface area contributed by atoms with Crippen molar-refractivity contribution >= 4 is 27.3 Å². The summed E-state index contributed by atoms with van der Waals surface area (Å²) in [7, 11) is 0. The summed E-state index contributed by atoms with van der Waals surface area (Å²) in [6.07, 6.45) is 0. The molecule has 0 radical (unpaired) electrons. The molecule has 1 atom stereocenters. The molecule has 0 aliphatic carbocycles. The number of hydrogen-bond acceptors (Lipinski definition) is 3. The smallest absolute Gasteiger partial charge is 0.0702 e. The monoisotopic (exact) mass is 304 g/mol. The summed E-state index contributed by atoms with van der Waals surface area (Å²) in [4.78, 5) is 3.82. The van der Waals surface area contributed by atoms with Gasteiger partial charge >= 0.3 is 0 Å². The van der Waals surface area contributed by atoms with Crippen LogP contribution in [0.2, 0.25) is 0 Å². The van der Waals surface area contributed by atoms with Gasteiger partial charge in [-0.05, 0) is 40.5 Å². The molecule has 1 heterocycles. The average molecular weight is 305 g/mol. The van der Waals surface area contributed by atoms with Crippen molar-refractivity contribution in [1.82, 2.24) is 4.90 Å². The summed E-state index contributed by atoms with van der Waals surface area (Å²) in [5.74, 6) is 0.678. The van der Waals surface area contributed by atoms with Gasteiger partial charge in [0.1, 0.15) is 0 Å².